The Hall–Kier alpha value is -5.86. The van der Waals surface area contributed by atoms with Gasteiger partial charge in [0.1, 0.15) is 0 Å². The molecule has 278 valence electrons. The summed E-state index contributed by atoms with van der Waals surface area (Å²) >= 11 is 0. The smallest absolute Gasteiger partial charge is 0.160 e. The first-order chi connectivity index (χ1) is 28.0. The number of rotatable bonds is 5. The zero-order chi connectivity index (χ0) is 38.1. The van der Waals surface area contributed by atoms with E-state index in [0.29, 0.717) is 11.8 Å². The van der Waals surface area contributed by atoms with Crippen LogP contribution in [0.2, 0.25) is 0 Å². The van der Waals surface area contributed by atoms with Gasteiger partial charge in [-0.25, -0.2) is 9.97 Å². The lowest BCUT2D eigenvalue weighted by atomic mass is 9.64. The molecule has 57 heavy (non-hydrogen) atoms. The van der Waals surface area contributed by atoms with Gasteiger partial charge in [0, 0.05) is 28.4 Å². The second-order valence-electron chi connectivity index (χ2n) is 17.6. The summed E-state index contributed by atoms with van der Waals surface area (Å²) in [5, 5.41) is 0. The van der Waals surface area contributed by atoms with Crippen LogP contribution in [0.15, 0.2) is 169 Å². The summed E-state index contributed by atoms with van der Waals surface area (Å²) < 4.78 is 0. The van der Waals surface area contributed by atoms with Crippen LogP contribution in [0.4, 0.5) is 0 Å². The van der Waals surface area contributed by atoms with Gasteiger partial charge >= 0.3 is 0 Å². The van der Waals surface area contributed by atoms with E-state index in [2.05, 4.69) is 172 Å². The third-order valence-electron chi connectivity index (χ3n) is 14.1. The zero-order valence-corrected chi connectivity index (χ0v) is 33.0. The van der Waals surface area contributed by atoms with Crippen molar-refractivity contribution in [2.75, 3.05) is 0 Å². The van der Waals surface area contributed by atoms with E-state index in [-0.39, 0.29) is 16.7 Å². The molecule has 1 spiro atoms. The SMILES string of the molecule is CC1(C)c2ccccc2C2C=C3C(=CC21)c1ccc(-c2cccc(-c4ccc(-c5cc(C6C=CC=CC6)nc(-c6ccccc6)n5)cc4)c2)cc1C31CCCCC1. The van der Waals surface area contributed by atoms with E-state index in [0.717, 1.165) is 34.8 Å². The molecule has 0 bridgehead atoms. The van der Waals surface area contributed by atoms with Gasteiger partial charge in [0.05, 0.1) is 11.4 Å². The van der Waals surface area contributed by atoms with Crippen molar-refractivity contribution >= 4 is 5.57 Å². The quantitative estimate of drug-likeness (QED) is 0.176. The summed E-state index contributed by atoms with van der Waals surface area (Å²) in [5.41, 5.74) is 18.7. The summed E-state index contributed by atoms with van der Waals surface area (Å²) in [6.07, 6.45) is 21.5. The molecular weight excluding hydrogens is 689 g/mol. The summed E-state index contributed by atoms with van der Waals surface area (Å²) in [6.45, 7) is 4.92. The Kier molecular flexibility index (Phi) is 8.07. The van der Waals surface area contributed by atoms with E-state index >= 15 is 0 Å². The molecule has 5 aromatic carbocycles. The Labute approximate surface area is 337 Å². The lowest BCUT2D eigenvalue weighted by Crippen LogP contribution is -2.31. The number of hydrogen-bond donors (Lipinski definition) is 0. The standard InChI is InChI=1S/C55H48N2/c1-54(2)47-22-11-10-21-43(47)45-34-50-46(33-48(45)54)44-28-27-42(32-49(44)55(50)29-12-5-13-30-55)41-20-14-19-40(31-41)36-23-25-38(26-24-36)52-35-51(37-15-6-3-7-16-37)56-53(57-52)39-17-8-4-9-18-39/h3-4,6-11,14-15,17-28,31-35,37,45,48H,5,12-13,16,29-30H2,1-2H3. The van der Waals surface area contributed by atoms with E-state index in [1.54, 1.807) is 11.1 Å². The van der Waals surface area contributed by atoms with Gasteiger partial charge in [-0.05, 0) is 104 Å². The highest BCUT2D eigenvalue weighted by Gasteiger charge is 2.52. The van der Waals surface area contributed by atoms with Crippen LogP contribution in [0.25, 0.3) is 50.5 Å². The number of hydrogen-bond acceptors (Lipinski definition) is 2. The average Bonchev–Trinajstić information content (AvgIpc) is 3.66. The molecule has 2 nitrogen and oxygen atoms in total. The molecule has 3 unspecified atom stereocenters. The maximum Gasteiger partial charge on any atom is 0.160 e. The number of nitrogens with zero attached hydrogens (tertiary/aromatic N) is 2. The summed E-state index contributed by atoms with van der Waals surface area (Å²) in [6, 6.07) is 47.3. The van der Waals surface area contributed by atoms with Gasteiger partial charge < -0.3 is 0 Å². The third kappa shape index (κ3) is 5.59. The van der Waals surface area contributed by atoms with E-state index in [9.17, 15) is 0 Å². The Balaban J connectivity index is 0.934. The highest BCUT2D eigenvalue weighted by atomic mass is 14.9. The van der Waals surface area contributed by atoms with Gasteiger partial charge in [0.15, 0.2) is 5.82 Å². The first kappa shape index (κ1) is 34.4. The van der Waals surface area contributed by atoms with Gasteiger partial charge in [-0.2, -0.15) is 0 Å². The molecule has 0 amide bonds. The van der Waals surface area contributed by atoms with Crippen LogP contribution in [-0.2, 0) is 10.8 Å². The molecular formula is C55H48N2. The molecule has 5 aliphatic rings. The molecule has 0 radical (unpaired) electrons. The van der Waals surface area contributed by atoms with Crippen LogP contribution in [-0.4, -0.2) is 9.97 Å². The first-order valence-corrected chi connectivity index (χ1v) is 21.1. The highest BCUT2D eigenvalue weighted by molar-refractivity contribution is 5.93. The van der Waals surface area contributed by atoms with E-state index < -0.39 is 0 Å². The highest BCUT2D eigenvalue weighted by Crippen LogP contribution is 2.63. The van der Waals surface area contributed by atoms with E-state index in [1.807, 2.05) is 6.07 Å². The molecule has 0 aliphatic heterocycles. The zero-order valence-electron chi connectivity index (χ0n) is 33.0. The fraction of sp³-hybridized carbons (Fsp3) is 0.236. The minimum atomic E-state index is 0.112. The Morgan fingerprint density at radius 3 is 2.11 bits per heavy atom. The number of allylic oxidation sites excluding steroid dienone is 8. The van der Waals surface area contributed by atoms with Gasteiger partial charge in [0.2, 0.25) is 0 Å². The summed E-state index contributed by atoms with van der Waals surface area (Å²) in [5.74, 6) is 1.96. The summed E-state index contributed by atoms with van der Waals surface area (Å²) in [4.78, 5) is 10.1. The van der Waals surface area contributed by atoms with Gasteiger partial charge in [0.25, 0.3) is 0 Å². The molecule has 1 aromatic heterocycles. The van der Waals surface area contributed by atoms with Crippen LogP contribution in [0, 0.1) is 5.92 Å². The van der Waals surface area contributed by atoms with Gasteiger partial charge in [-0.15, -0.1) is 0 Å². The molecule has 0 saturated heterocycles. The van der Waals surface area contributed by atoms with Crippen LogP contribution in [0.3, 0.4) is 0 Å². The number of benzene rings is 5. The molecule has 6 aromatic rings. The minimum absolute atomic E-state index is 0.112. The molecule has 1 fully saturated rings. The first-order valence-electron chi connectivity index (χ1n) is 21.1. The lowest BCUT2D eigenvalue weighted by Gasteiger charge is -2.39. The molecule has 0 N–H and O–H groups in total. The lowest BCUT2D eigenvalue weighted by molar-refractivity contribution is 0.345. The second kappa shape index (κ2) is 13.4. The van der Waals surface area contributed by atoms with Crippen molar-refractivity contribution in [1.29, 1.82) is 0 Å². The Morgan fingerprint density at radius 2 is 1.30 bits per heavy atom. The molecule has 11 rings (SSSR count). The van der Waals surface area contributed by atoms with E-state index in [1.165, 1.54) is 76.6 Å². The minimum Gasteiger partial charge on any atom is -0.232 e. The van der Waals surface area contributed by atoms with Crippen molar-refractivity contribution in [3.63, 3.8) is 0 Å². The second-order valence-corrected chi connectivity index (χ2v) is 17.6. The van der Waals surface area contributed by atoms with Crippen molar-refractivity contribution in [2.45, 2.75) is 75.0 Å². The van der Waals surface area contributed by atoms with Crippen molar-refractivity contribution in [2.24, 2.45) is 5.92 Å². The number of aromatic nitrogens is 2. The van der Waals surface area contributed by atoms with Crippen LogP contribution in [0.1, 0.15) is 92.2 Å². The topological polar surface area (TPSA) is 25.8 Å². The molecule has 1 heterocycles. The van der Waals surface area contributed by atoms with Crippen molar-refractivity contribution in [3.05, 3.63) is 197 Å². The normalized spacial score (nSPS) is 22.0. The van der Waals surface area contributed by atoms with Crippen LogP contribution >= 0.6 is 0 Å². The van der Waals surface area contributed by atoms with E-state index in [4.69, 9.17) is 9.97 Å². The van der Waals surface area contributed by atoms with Crippen molar-refractivity contribution in [1.82, 2.24) is 9.97 Å². The molecule has 5 aliphatic carbocycles. The average molecular weight is 737 g/mol. The molecule has 1 saturated carbocycles. The maximum absolute atomic E-state index is 5.09. The van der Waals surface area contributed by atoms with Crippen molar-refractivity contribution < 1.29 is 0 Å². The fourth-order valence-electron chi connectivity index (χ4n) is 11.1. The monoisotopic (exact) mass is 736 g/mol. The van der Waals surface area contributed by atoms with Gasteiger partial charge in [-0.1, -0.05) is 179 Å². The predicted octanol–water partition coefficient (Wildman–Crippen LogP) is 14.0. The summed E-state index contributed by atoms with van der Waals surface area (Å²) in [7, 11) is 0. The maximum atomic E-state index is 5.09. The van der Waals surface area contributed by atoms with Crippen LogP contribution in [0.5, 0.6) is 0 Å². The molecule has 3 atom stereocenters. The Bertz CT molecular complexity index is 2660. The predicted molar refractivity (Wildman–Crippen MR) is 236 cm³/mol. The van der Waals surface area contributed by atoms with Crippen LogP contribution < -0.4 is 0 Å². The van der Waals surface area contributed by atoms with Gasteiger partial charge in [-0.3, -0.25) is 0 Å². The third-order valence-corrected chi connectivity index (χ3v) is 14.1. The largest absolute Gasteiger partial charge is 0.232 e. The van der Waals surface area contributed by atoms with Crippen molar-refractivity contribution in [3.8, 4) is 44.9 Å². The fourth-order valence-corrected chi connectivity index (χ4v) is 11.1. The molecule has 2 heteroatoms. The Morgan fingerprint density at radius 1 is 0.579 bits per heavy atom. The number of fused-ring (bicyclic) bond motifs is 8.